The largest absolute Gasteiger partial charge is 0.489 e. The van der Waals surface area contributed by atoms with Crippen molar-refractivity contribution in [2.24, 2.45) is 11.8 Å². The van der Waals surface area contributed by atoms with Crippen LogP contribution in [-0.2, 0) is 0 Å². The molecule has 0 N–H and O–H groups in total. The van der Waals surface area contributed by atoms with E-state index in [9.17, 15) is 0 Å². The number of ether oxygens (including phenoxy) is 2. The molecule has 1 unspecified atom stereocenters. The molecule has 1 rings (SSSR count). The zero-order valence-electron chi connectivity index (χ0n) is 14.2. The maximum absolute atomic E-state index is 5.95. The Bertz CT molecular complexity index is 435. The fourth-order valence-electron chi connectivity index (χ4n) is 1.96. The SMILES string of the molecule is C=CCC(C)c1ccc(OCC(C)C)c(OCC(C)C)c1. The summed E-state index contributed by atoms with van der Waals surface area (Å²) < 4.78 is 11.8. The van der Waals surface area contributed by atoms with Gasteiger partial charge in [0.1, 0.15) is 0 Å². The highest BCUT2D eigenvalue weighted by molar-refractivity contribution is 5.44. The fourth-order valence-corrected chi connectivity index (χ4v) is 1.96. The van der Waals surface area contributed by atoms with Crippen LogP contribution in [0, 0.1) is 11.8 Å². The predicted molar refractivity (Wildman–Crippen MR) is 90.3 cm³/mol. The van der Waals surface area contributed by atoms with Gasteiger partial charge in [-0.15, -0.1) is 6.58 Å². The van der Waals surface area contributed by atoms with Crippen LogP contribution in [0.15, 0.2) is 30.9 Å². The van der Waals surface area contributed by atoms with Gasteiger partial charge in [-0.25, -0.2) is 0 Å². The molecule has 0 fully saturated rings. The number of hydrogen-bond acceptors (Lipinski definition) is 2. The van der Waals surface area contributed by atoms with Crippen LogP contribution in [0.1, 0.15) is 52.5 Å². The van der Waals surface area contributed by atoms with E-state index in [1.54, 1.807) is 0 Å². The van der Waals surface area contributed by atoms with Crippen molar-refractivity contribution in [2.75, 3.05) is 13.2 Å². The first-order valence-corrected chi connectivity index (χ1v) is 7.94. The van der Waals surface area contributed by atoms with Gasteiger partial charge in [-0.05, 0) is 41.9 Å². The van der Waals surface area contributed by atoms with Crippen LogP contribution in [-0.4, -0.2) is 13.2 Å². The van der Waals surface area contributed by atoms with Crippen LogP contribution in [0.25, 0.3) is 0 Å². The van der Waals surface area contributed by atoms with Gasteiger partial charge in [-0.1, -0.05) is 46.8 Å². The summed E-state index contributed by atoms with van der Waals surface area (Å²) in [6, 6.07) is 6.28. The molecule has 0 saturated heterocycles. The number of rotatable bonds is 9. The van der Waals surface area contributed by atoms with Gasteiger partial charge in [0.25, 0.3) is 0 Å². The molecule has 0 radical (unpaired) electrons. The lowest BCUT2D eigenvalue weighted by molar-refractivity contribution is 0.229. The molecule has 2 nitrogen and oxygen atoms in total. The molecular formula is C19H30O2. The first-order chi connectivity index (χ1) is 9.93. The monoisotopic (exact) mass is 290 g/mol. The van der Waals surface area contributed by atoms with Gasteiger partial charge in [-0.3, -0.25) is 0 Å². The summed E-state index contributed by atoms with van der Waals surface area (Å²) in [5.41, 5.74) is 1.27. The van der Waals surface area contributed by atoms with Crippen molar-refractivity contribution in [3.63, 3.8) is 0 Å². The number of hydrogen-bond donors (Lipinski definition) is 0. The Labute approximate surface area is 130 Å². The van der Waals surface area contributed by atoms with Gasteiger partial charge >= 0.3 is 0 Å². The Kier molecular flexibility index (Phi) is 7.35. The summed E-state index contributed by atoms with van der Waals surface area (Å²) in [6.07, 6.45) is 2.93. The van der Waals surface area contributed by atoms with E-state index in [0.717, 1.165) is 17.9 Å². The second-order valence-corrected chi connectivity index (χ2v) is 6.54. The van der Waals surface area contributed by atoms with Gasteiger partial charge in [-0.2, -0.15) is 0 Å². The van der Waals surface area contributed by atoms with E-state index in [-0.39, 0.29) is 0 Å². The van der Waals surface area contributed by atoms with Gasteiger partial charge < -0.3 is 9.47 Å². The summed E-state index contributed by atoms with van der Waals surface area (Å²) in [5, 5.41) is 0. The lowest BCUT2D eigenvalue weighted by Crippen LogP contribution is -2.09. The zero-order chi connectivity index (χ0) is 15.8. The van der Waals surface area contributed by atoms with E-state index in [2.05, 4.69) is 53.3 Å². The minimum Gasteiger partial charge on any atom is -0.489 e. The molecule has 0 amide bonds. The summed E-state index contributed by atoms with van der Waals surface area (Å²) >= 11 is 0. The van der Waals surface area contributed by atoms with E-state index in [0.29, 0.717) is 31.0 Å². The number of allylic oxidation sites excluding steroid dienone is 1. The highest BCUT2D eigenvalue weighted by atomic mass is 16.5. The van der Waals surface area contributed by atoms with E-state index in [4.69, 9.17) is 9.47 Å². The molecule has 0 aliphatic carbocycles. The molecule has 0 saturated carbocycles. The number of benzene rings is 1. The fraction of sp³-hybridized carbons (Fsp3) is 0.579. The third-order valence-electron chi connectivity index (χ3n) is 3.20. The molecule has 1 atom stereocenters. The highest BCUT2D eigenvalue weighted by Gasteiger charge is 2.12. The molecular weight excluding hydrogens is 260 g/mol. The van der Waals surface area contributed by atoms with Crippen LogP contribution >= 0.6 is 0 Å². The Hall–Kier alpha value is -1.44. The molecule has 2 heteroatoms. The minimum absolute atomic E-state index is 0.447. The summed E-state index contributed by atoms with van der Waals surface area (Å²) in [5.74, 6) is 3.15. The molecule has 118 valence electrons. The van der Waals surface area contributed by atoms with Crippen molar-refractivity contribution in [1.82, 2.24) is 0 Å². The predicted octanol–water partition coefficient (Wildman–Crippen LogP) is 5.44. The first-order valence-electron chi connectivity index (χ1n) is 7.94. The van der Waals surface area contributed by atoms with Crippen molar-refractivity contribution in [1.29, 1.82) is 0 Å². The molecule has 0 aromatic heterocycles. The zero-order valence-corrected chi connectivity index (χ0v) is 14.2. The summed E-state index contributed by atoms with van der Waals surface area (Å²) in [4.78, 5) is 0. The average Bonchev–Trinajstić information content (AvgIpc) is 2.43. The normalized spacial score (nSPS) is 12.5. The van der Waals surface area contributed by atoms with E-state index < -0.39 is 0 Å². The summed E-state index contributed by atoms with van der Waals surface area (Å²) in [7, 11) is 0. The van der Waals surface area contributed by atoms with Crippen LogP contribution in [0.2, 0.25) is 0 Å². The van der Waals surface area contributed by atoms with Crippen molar-refractivity contribution in [2.45, 2.75) is 47.0 Å². The third-order valence-corrected chi connectivity index (χ3v) is 3.20. The van der Waals surface area contributed by atoms with Gasteiger partial charge in [0.05, 0.1) is 13.2 Å². The lowest BCUT2D eigenvalue weighted by atomic mass is 9.97. The van der Waals surface area contributed by atoms with Crippen LogP contribution in [0.5, 0.6) is 11.5 Å². The van der Waals surface area contributed by atoms with Gasteiger partial charge in [0.15, 0.2) is 11.5 Å². The topological polar surface area (TPSA) is 18.5 Å². The smallest absolute Gasteiger partial charge is 0.161 e. The molecule has 0 aliphatic heterocycles. The Morgan fingerprint density at radius 1 is 0.952 bits per heavy atom. The maximum atomic E-state index is 5.95. The van der Waals surface area contributed by atoms with Crippen LogP contribution in [0.4, 0.5) is 0 Å². The molecule has 21 heavy (non-hydrogen) atoms. The minimum atomic E-state index is 0.447. The molecule has 0 aliphatic rings. The van der Waals surface area contributed by atoms with E-state index in [1.165, 1.54) is 5.56 Å². The second kappa shape index (κ2) is 8.76. The first kappa shape index (κ1) is 17.6. The van der Waals surface area contributed by atoms with Crippen LogP contribution in [0.3, 0.4) is 0 Å². The molecule has 0 bridgehead atoms. The Balaban J connectivity index is 2.92. The van der Waals surface area contributed by atoms with Crippen molar-refractivity contribution < 1.29 is 9.47 Å². The molecule has 1 aromatic rings. The van der Waals surface area contributed by atoms with Crippen molar-refractivity contribution in [3.05, 3.63) is 36.4 Å². The molecule has 1 aromatic carbocycles. The lowest BCUT2D eigenvalue weighted by Gasteiger charge is -2.18. The summed E-state index contributed by atoms with van der Waals surface area (Å²) in [6.45, 7) is 16.0. The standard InChI is InChI=1S/C19H30O2/c1-7-8-16(6)17-9-10-18(20-12-14(2)3)19(11-17)21-13-15(4)5/h7,9-11,14-16H,1,8,12-13H2,2-6H3. The van der Waals surface area contributed by atoms with E-state index >= 15 is 0 Å². The van der Waals surface area contributed by atoms with Gasteiger partial charge in [0, 0.05) is 0 Å². The van der Waals surface area contributed by atoms with E-state index in [1.807, 2.05) is 12.1 Å². The molecule has 0 spiro atoms. The average molecular weight is 290 g/mol. The maximum Gasteiger partial charge on any atom is 0.161 e. The Morgan fingerprint density at radius 2 is 1.52 bits per heavy atom. The van der Waals surface area contributed by atoms with Crippen molar-refractivity contribution in [3.8, 4) is 11.5 Å². The molecule has 0 heterocycles. The highest BCUT2D eigenvalue weighted by Crippen LogP contribution is 2.33. The quantitative estimate of drug-likeness (QED) is 0.564. The van der Waals surface area contributed by atoms with Crippen LogP contribution < -0.4 is 9.47 Å². The van der Waals surface area contributed by atoms with Gasteiger partial charge in [0.2, 0.25) is 0 Å². The Morgan fingerprint density at radius 3 is 2.05 bits per heavy atom. The third kappa shape index (κ3) is 6.24. The second-order valence-electron chi connectivity index (χ2n) is 6.54. The van der Waals surface area contributed by atoms with Crippen molar-refractivity contribution >= 4 is 0 Å².